The van der Waals surface area contributed by atoms with Crippen LogP contribution < -0.4 is 0 Å². The van der Waals surface area contributed by atoms with Gasteiger partial charge in [-0.3, -0.25) is 0 Å². The van der Waals surface area contributed by atoms with Crippen LogP contribution in [0.4, 0.5) is 0 Å². The summed E-state index contributed by atoms with van der Waals surface area (Å²) in [5, 5.41) is 0. The predicted molar refractivity (Wildman–Crippen MR) is 68.8 cm³/mol. The SMILES string of the molecule is CC(C)N1CC[C@H](CN2CCN(C)CC2)C1. The van der Waals surface area contributed by atoms with Crippen LogP contribution in [0.25, 0.3) is 0 Å². The number of likely N-dealkylation sites (tertiary alicyclic amines) is 1. The molecule has 0 aromatic heterocycles. The molecule has 1 atom stereocenters. The van der Waals surface area contributed by atoms with Gasteiger partial charge in [-0.05, 0) is 39.8 Å². The molecule has 0 bridgehead atoms. The first-order valence-electron chi connectivity index (χ1n) is 6.80. The van der Waals surface area contributed by atoms with Crippen molar-refractivity contribution >= 4 is 0 Å². The van der Waals surface area contributed by atoms with E-state index in [2.05, 4.69) is 35.6 Å². The summed E-state index contributed by atoms with van der Waals surface area (Å²) < 4.78 is 0. The van der Waals surface area contributed by atoms with Crippen molar-refractivity contribution in [2.75, 3.05) is 52.9 Å². The van der Waals surface area contributed by atoms with E-state index in [-0.39, 0.29) is 0 Å². The summed E-state index contributed by atoms with van der Waals surface area (Å²) in [7, 11) is 2.23. The highest BCUT2D eigenvalue weighted by Gasteiger charge is 2.26. The minimum Gasteiger partial charge on any atom is -0.304 e. The first-order valence-corrected chi connectivity index (χ1v) is 6.80. The Kier molecular flexibility index (Phi) is 4.22. The van der Waals surface area contributed by atoms with Crippen molar-refractivity contribution < 1.29 is 0 Å². The van der Waals surface area contributed by atoms with Gasteiger partial charge in [-0.2, -0.15) is 0 Å². The molecule has 2 rings (SSSR count). The number of hydrogen-bond acceptors (Lipinski definition) is 3. The third-order valence-corrected chi connectivity index (χ3v) is 4.16. The molecule has 0 aliphatic carbocycles. The van der Waals surface area contributed by atoms with Gasteiger partial charge in [0.05, 0.1) is 0 Å². The second-order valence-electron chi connectivity index (χ2n) is 5.85. The van der Waals surface area contributed by atoms with Gasteiger partial charge < -0.3 is 14.7 Å². The predicted octanol–water partition coefficient (Wildman–Crippen LogP) is 0.964. The zero-order chi connectivity index (χ0) is 11.5. The maximum atomic E-state index is 2.66. The molecule has 0 unspecified atom stereocenters. The molecule has 3 heteroatoms. The Morgan fingerprint density at radius 3 is 2.31 bits per heavy atom. The van der Waals surface area contributed by atoms with Gasteiger partial charge in [-0.1, -0.05) is 0 Å². The molecule has 2 aliphatic heterocycles. The molecular weight excluding hydrogens is 198 g/mol. The van der Waals surface area contributed by atoms with Gasteiger partial charge in [-0.25, -0.2) is 0 Å². The number of likely N-dealkylation sites (N-methyl/N-ethyl adjacent to an activating group) is 1. The molecular formula is C13H27N3. The lowest BCUT2D eigenvalue weighted by atomic mass is 10.1. The summed E-state index contributed by atoms with van der Waals surface area (Å²) in [6.07, 6.45) is 1.41. The van der Waals surface area contributed by atoms with Crippen molar-refractivity contribution in [2.24, 2.45) is 5.92 Å². The number of piperazine rings is 1. The Morgan fingerprint density at radius 2 is 1.75 bits per heavy atom. The highest BCUT2D eigenvalue weighted by atomic mass is 15.3. The van der Waals surface area contributed by atoms with E-state index in [0.717, 1.165) is 12.0 Å². The van der Waals surface area contributed by atoms with E-state index >= 15 is 0 Å². The third-order valence-electron chi connectivity index (χ3n) is 4.16. The Bertz CT molecular complexity index is 209. The summed E-state index contributed by atoms with van der Waals surface area (Å²) in [6.45, 7) is 13.7. The standard InChI is InChI=1S/C13H27N3/c1-12(2)16-5-4-13(11-16)10-15-8-6-14(3)7-9-15/h12-13H,4-11H2,1-3H3/t13-/m1/s1. The van der Waals surface area contributed by atoms with Crippen LogP contribution in [0.15, 0.2) is 0 Å². The van der Waals surface area contributed by atoms with Gasteiger partial charge in [0.15, 0.2) is 0 Å². The minimum atomic E-state index is 0.734. The lowest BCUT2D eigenvalue weighted by molar-refractivity contribution is 0.135. The van der Waals surface area contributed by atoms with Crippen LogP contribution in [0.2, 0.25) is 0 Å². The monoisotopic (exact) mass is 225 g/mol. The van der Waals surface area contributed by atoms with Gasteiger partial charge in [0.2, 0.25) is 0 Å². The third kappa shape index (κ3) is 3.19. The second-order valence-corrected chi connectivity index (χ2v) is 5.85. The van der Waals surface area contributed by atoms with Gasteiger partial charge in [0.1, 0.15) is 0 Å². The molecule has 0 aromatic rings. The van der Waals surface area contributed by atoms with E-state index in [1.165, 1.54) is 52.2 Å². The lowest BCUT2D eigenvalue weighted by Crippen LogP contribution is -2.46. The normalized spacial score (nSPS) is 30.4. The fourth-order valence-corrected chi connectivity index (χ4v) is 2.88. The van der Waals surface area contributed by atoms with Crippen molar-refractivity contribution in [2.45, 2.75) is 26.3 Å². The average molecular weight is 225 g/mol. The Balaban J connectivity index is 1.71. The quantitative estimate of drug-likeness (QED) is 0.708. The molecule has 2 aliphatic rings. The van der Waals surface area contributed by atoms with Crippen molar-refractivity contribution in [3.63, 3.8) is 0 Å². The molecule has 0 radical (unpaired) electrons. The highest BCUT2D eigenvalue weighted by molar-refractivity contribution is 4.81. The second kappa shape index (κ2) is 5.48. The largest absolute Gasteiger partial charge is 0.304 e. The summed E-state index contributed by atoms with van der Waals surface area (Å²) in [6, 6.07) is 0.734. The Labute approximate surface area is 100 Å². The van der Waals surface area contributed by atoms with Crippen LogP contribution in [0, 0.1) is 5.92 Å². The Hall–Kier alpha value is -0.120. The first-order chi connectivity index (χ1) is 7.65. The molecule has 16 heavy (non-hydrogen) atoms. The van der Waals surface area contributed by atoms with E-state index in [0.29, 0.717) is 0 Å². The van der Waals surface area contributed by atoms with E-state index < -0.39 is 0 Å². The zero-order valence-corrected chi connectivity index (χ0v) is 11.2. The summed E-state index contributed by atoms with van der Waals surface area (Å²) >= 11 is 0. The van der Waals surface area contributed by atoms with Gasteiger partial charge in [0, 0.05) is 45.3 Å². The molecule has 0 spiro atoms. The molecule has 3 nitrogen and oxygen atoms in total. The molecule has 0 amide bonds. The van der Waals surface area contributed by atoms with Gasteiger partial charge in [0.25, 0.3) is 0 Å². The number of hydrogen-bond donors (Lipinski definition) is 0. The van der Waals surface area contributed by atoms with Crippen LogP contribution in [0.5, 0.6) is 0 Å². The van der Waals surface area contributed by atoms with Crippen LogP contribution in [0.1, 0.15) is 20.3 Å². The fourth-order valence-electron chi connectivity index (χ4n) is 2.88. The highest BCUT2D eigenvalue weighted by Crippen LogP contribution is 2.19. The molecule has 0 N–H and O–H groups in total. The maximum absolute atomic E-state index is 2.66. The molecule has 2 heterocycles. The molecule has 2 saturated heterocycles. The van der Waals surface area contributed by atoms with E-state index in [1.54, 1.807) is 0 Å². The van der Waals surface area contributed by atoms with Gasteiger partial charge >= 0.3 is 0 Å². The Morgan fingerprint density at radius 1 is 1.06 bits per heavy atom. The smallest absolute Gasteiger partial charge is 0.0110 e. The van der Waals surface area contributed by atoms with E-state index in [1.807, 2.05) is 0 Å². The molecule has 0 saturated carbocycles. The topological polar surface area (TPSA) is 9.72 Å². The molecule has 94 valence electrons. The van der Waals surface area contributed by atoms with Crippen molar-refractivity contribution in [3.05, 3.63) is 0 Å². The van der Waals surface area contributed by atoms with Crippen molar-refractivity contribution in [1.29, 1.82) is 0 Å². The molecule has 2 fully saturated rings. The van der Waals surface area contributed by atoms with Crippen LogP contribution in [-0.4, -0.2) is 73.6 Å². The van der Waals surface area contributed by atoms with E-state index in [4.69, 9.17) is 0 Å². The maximum Gasteiger partial charge on any atom is 0.0110 e. The van der Waals surface area contributed by atoms with Crippen LogP contribution in [0.3, 0.4) is 0 Å². The summed E-state index contributed by atoms with van der Waals surface area (Å²) in [5.41, 5.74) is 0. The number of rotatable bonds is 3. The summed E-state index contributed by atoms with van der Waals surface area (Å²) in [4.78, 5) is 7.72. The van der Waals surface area contributed by atoms with Crippen molar-refractivity contribution in [3.8, 4) is 0 Å². The summed E-state index contributed by atoms with van der Waals surface area (Å²) in [5.74, 6) is 0.922. The van der Waals surface area contributed by atoms with Gasteiger partial charge in [-0.15, -0.1) is 0 Å². The van der Waals surface area contributed by atoms with Crippen molar-refractivity contribution in [1.82, 2.24) is 14.7 Å². The molecule has 0 aromatic carbocycles. The minimum absolute atomic E-state index is 0.734. The van der Waals surface area contributed by atoms with E-state index in [9.17, 15) is 0 Å². The zero-order valence-electron chi connectivity index (χ0n) is 11.2. The number of nitrogens with zero attached hydrogens (tertiary/aromatic N) is 3. The van der Waals surface area contributed by atoms with Crippen LogP contribution >= 0.6 is 0 Å². The van der Waals surface area contributed by atoms with Crippen LogP contribution in [-0.2, 0) is 0 Å². The first kappa shape index (κ1) is 12.3. The average Bonchev–Trinajstić information content (AvgIpc) is 2.70. The fraction of sp³-hybridized carbons (Fsp3) is 1.00. The lowest BCUT2D eigenvalue weighted by Gasteiger charge is -2.34.